The van der Waals surface area contributed by atoms with E-state index in [9.17, 15) is 8.60 Å². The monoisotopic (exact) mass is 549 g/mol. The molecule has 2 heterocycles. The average molecular weight is 551 g/mol. The van der Waals surface area contributed by atoms with E-state index >= 15 is 0 Å². The minimum absolute atomic E-state index is 0.237. The predicted octanol–water partition coefficient (Wildman–Crippen LogP) is 6.56. The Kier molecular flexibility index (Phi) is 7.00. The second-order valence-corrected chi connectivity index (χ2v) is 11.4. The van der Waals surface area contributed by atoms with Gasteiger partial charge < -0.3 is 4.52 Å². The topological polar surface area (TPSA) is 82.0 Å². The third-order valence-electron chi connectivity index (χ3n) is 5.70. The van der Waals surface area contributed by atoms with Gasteiger partial charge in [-0.2, -0.15) is 0 Å². The Labute approximate surface area is 207 Å². The Morgan fingerprint density at radius 3 is 2.73 bits per heavy atom. The van der Waals surface area contributed by atoms with Gasteiger partial charge in [-0.05, 0) is 78.4 Å². The molecule has 0 fully saturated rings. The molecular weight excluding hydrogens is 529 g/mol. The van der Waals surface area contributed by atoms with Crippen LogP contribution in [0.25, 0.3) is 22.2 Å². The normalized spacial score (nSPS) is 13.9. The SMILES string of the molecule is CC(C)(C[C@H](Cc1nc(Br)ccc1F)c1ccccc1-c1noc2cc(Cl)ccc12)S(N)=O. The zero-order valence-corrected chi connectivity index (χ0v) is 21.2. The van der Waals surface area contributed by atoms with Gasteiger partial charge in [0, 0.05) is 22.0 Å². The summed E-state index contributed by atoms with van der Waals surface area (Å²) in [6.07, 6.45) is 0.743. The molecule has 4 aromatic rings. The molecule has 2 atom stereocenters. The lowest BCUT2D eigenvalue weighted by Crippen LogP contribution is -2.34. The lowest BCUT2D eigenvalue weighted by molar-refractivity contribution is 0.459. The standard InChI is InChI=1S/C24H22BrClFN3O2S/c1-24(2,33(28)31)13-14(11-20-19(27)9-10-22(25)29-20)16-5-3-4-6-17(16)23-18-8-7-15(26)12-21(18)32-30-23/h3-10,12,14H,11,13,28H2,1-2H3/t14-,33?/m0/s1. The summed E-state index contributed by atoms with van der Waals surface area (Å²) in [7, 11) is -1.58. The summed E-state index contributed by atoms with van der Waals surface area (Å²) in [5.41, 5.74) is 3.32. The highest BCUT2D eigenvalue weighted by molar-refractivity contribution is 9.10. The largest absolute Gasteiger partial charge is 0.356 e. The van der Waals surface area contributed by atoms with Crippen molar-refractivity contribution in [2.45, 2.75) is 37.4 Å². The molecule has 2 N–H and O–H groups in total. The second kappa shape index (κ2) is 9.62. The molecule has 33 heavy (non-hydrogen) atoms. The molecule has 0 saturated carbocycles. The van der Waals surface area contributed by atoms with Crippen molar-refractivity contribution >= 4 is 49.5 Å². The third-order valence-corrected chi connectivity index (χ3v) is 7.63. The molecule has 1 unspecified atom stereocenters. The van der Waals surface area contributed by atoms with Crippen LogP contribution in [-0.4, -0.2) is 19.1 Å². The summed E-state index contributed by atoms with van der Waals surface area (Å²) in [5.74, 6) is -0.632. The van der Waals surface area contributed by atoms with Crippen LogP contribution in [0.1, 0.15) is 37.4 Å². The van der Waals surface area contributed by atoms with Crippen LogP contribution in [0.5, 0.6) is 0 Å². The number of rotatable bonds is 7. The molecule has 4 rings (SSSR count). The third kappa shape index (κ3) is 5.19. The van der Waals surface area contributed by atoms with Crippen LogP contribution in [0.3, 0.4) is 0 Å². The van der Waals surface area contributed by atoms with Crippen LogP contribution in [0.2, 0.25) is 5.02 Å². The first-order chi connectivity index (χ1) is 15.7. The highest BCUT2D eigenvalue weighted by Gasteiger charge is 2.31. The molecule has 2 aromatic carbocycles. The van der Waals surface area contributed by atoms with Gasteiger partial charge in [0.15, 0.2) is 5.58 Å². The van der Waals surface area contributed by atoms with E-state index in [4.69, 9.17) is 21.3 Å². The molecule has 0 amide bonds. The fraction of sp³-hybridized carbons (Fsp3) is 0.250. The van der Waals surface area contributed by atoms with Crippen LogP contribution in [0.15, 0.2) is 63.7 Å². The van der Waals surface area contributed by atoms with E-state index in [0.29, 0.717) is 39.4 Å². The van der Waals surface area contributed by atoms with Gasteiger partial charge in [-0.15, -0.1) is 0 Å². The molecule has 0 saturated heterocycles. The van der Waals surface area contributed by atoms with Gasteiger partial charge in [-0.1, -0.05) is 41.0 Å². The van der Waals surface area contributed by atoms with Crippen LogP contribution < -0.4 is 5.14 Å². The number of halogens is 3. The van der Waals surface area contributed by atoms with E-state index in [1.165, 1.54) is 6.07 Å². The fourth-order valence-corrected chi connectivity index (χ4v) is 4.85. The van der Waals surface area contributed by atoms with E-state index in [0.717, 1.165) is 16.5 Å². The number of hydrogen-bond acceptors (Lipinski definition) is 4. The number of fused-ring (bicyclic) bond motifs is 1. The number of pyridine rings is 1. The van der Waals surface area contributed by atoms with Gasteiger partial charge in [-0.25, -0.2) is 13.6 Å². The van der Waals surface area contributed by atoms with Gasteiger partial charge in [0.05, 0.1) is 21.4 Å². The highest BCUT2D eigenvalue weighted by atomic mass is 79.9. The Morgan fingerprint density at radius 2 is 1.97 bits per heavy atom. The van der Waals surface area contributed by atoms with Gasteiger partial charge in [-0.3, -0.25) is 5.14 Å². The maximum Gasteiger partial charge on any atom is 0.169 e. The number of nitrogens with zero attached hydrogens (tertiary/aromatic N) is 2. The predicted molar refractivity (Wildman–Crippen MR) is 134 cm³/mol. The zero-order valence-electron chi connectivity index (χ0n) is 18.0. The smallest absolute Gasteiger partial charge is 0.169 e. The minimum atomic E-state index is -1.58. The summed E-state index contributed by atoms with van der Waals surface area (Å²) in [4.78, 5) is 4.35. The lowest BCUT2D eigenvalue weighted by Gasteiger charge is -2.29. The van der Waals surface area contributed by atoms with Crippen molar-refractivity contribution in [2.24, 2.45) is 5.14 Å². The first-order valence-corrected chi connectivity index (χ1v) is 12.7. The average Bonchev–Trinajstić information content (AvgIpc) is 3.18. The van der Waals surface area contributed by atoms with Gasteiger partial charge >= 0.3 is 0 Å². The van der Waals surface area contributed by atoms with E-state index in [1.54, 1.807) is 18.2 Å². The molecule has 2 aromatic heterocycles. The van der Waals surface area contributed by atoms with Crippen LogP contribution in [0, 0.1) is 5.82 Å². The van der Waals surface area contributed by atoms with E-state index in [1.807, 2.05) is 44.2 Å². The summed E-state index contributed by atoms with van der Waals surface area (Å²) >= 11 is 9.43. The van der Waals surface area contributed by atoms with Crippen molar-refractivity contribution < 1.29 is 13.1 Å². The molecule has 9 heteroatoms. The number of aromatic nitrogens is 2. The van der Waals surface area contributed by atoms with E-state index in [-0.39, 0.29) is 5.92 Å². The van der Waals surface area contributed by atoms with Crippen LogP contribution >= 0.6 is 27.5 Å². The minimum Gasteiger partial charge on any atom is -0.356 e. The highest BCUT2D eigenvalue weighted by Crippen LogP contribution is 2.39. The molecule has 172 valence electrons. The Hall–Kier alpha value is -2.13. The molecule has 0 aliphatic rings. The van der Waals surface area contributed by atoms with Crippen molar-refractivity contribution in [3.8, 4) is 11.3 Å². The first kappa shape index (κ1) is 24.0. The van der Waals surface area contributed by atoms with Gasteiger partial charge in [0.2, 0.25) is 0 Å². The van der Waals surface area contributed by atoms with Crippen molar-refractivity contribution in [3.63, 3.8) is 0 Å². The Bertz CT molecular complexity index is 1340. The fourth-order valence-electron chi connectivity index (χ4n) is 3.98. The molecule has 0 aliphatic carbocycles. The summed E-state index contributed by atoms with van der Waals surface area (Å²) in [6, 6.07) is 16.1. The van der Waals surface area contributed by atoms with Crippen molar-refractivity contribution in [2.75, 3.05) is 0 Å². The summed E-state index contributed by atoms with van der Waals surface area (Å²) in [5, 5.41) is 11.5. The number of benzene rings is 2. The number of nitrogens with two attached hydrogens (primary N) is 1. The molecular formula is C24H22BrClFN3O2S. The lowest BCUT2D eigenvalue weighted by atomic mass is 9.83. The van der Waals surface area contributed by atoms with Crippen LogP contribution in [0.4, 0.5) is 4.39 Å². The quantitative estimate of drug-likeness (QED) is 0.264. The molecule has 0 spiro atoms. The first-order valence-electron chi connectivity index (χ1n) is 10.3. The molecule has 0 bridgehead atoms. The molecule has 0 radical (unpaired) electrons. The molecule has 5 nitrogen and oxygen atoms in total. The van der Waals surface area contributed by atoms with E-state index in [2.05, 4.69) is 26.1 Å². The van der Waals surface area contributed by atoms with Crippen molar-refractivity contribution in [1.82, 2.24) is 10.1 Å². The van der Waals surface area contributed by atoms with E-state index < -0.39 is 21.5 Å². The summed E-state index contributed by atoms with van der Waals surface area (Å²) in [6.45, 7) is 3.69. The number of hydrogen-bond donors (Lipinski definition) is 1. The zero-order chi connectivity index (χ0) is 23.8. The summed E-state index contributed by atoms with van der Waals surface area (Å²) < 4.78 is 32.3. The second-order valence-electron chi connectivity index (χ2n) is 8.48. The van der Waals surface area contributed by atoms with Gasteiger partial charge in [0.25, 0.3) is 0 Å². The Balaban J connectivity index is 1.85. The van der Waals surface area contributed by atoms with Crippen LogP contribution in [-0.2, 0) is 17.4 Å². The Morgan fingerprint density at radius 1 is 1.21 bits per heavy atom. The maximum atomic E-state index is 14.6. The van der Waals surface area contributed by atoms with Gasteiger partial charge in [0.1, 0.15) is 16.1 Å². The molecule has 0 aliphatic heterocycles. The van der Waals surface area contributed by atoms with Crippen molar-refractivity contribution in [1.29, 1.82) is 0 Å². The van der Waals surface area contributed by atoms with Crippen molar-refractivity contribution in [3.05, 3.63) is 81.3 Å². The maximum absolute atomic E-state index is 14.6.